The molecular formula is C8H9N3O4S2. The van der Waals surface area contributed by atoms with Gasteiger partial charge in [0, 0.05) is 6.04 Å². The molecule has 0 bridgehead atoms. The highest BCUT2D eigenvalue weighted by Crippen LogP contribution is 2.20. The first-order valence-corrected chi connectivity index (χ1v) is 6.81. The lowest BCUT2D eigenvalue weighted by atomic mass is 10.3. The predicted molar refractivity (Wildman–Crippen MR) is 59.1 cm³/mol. The molecule has 0 saturated heterocycles. The Hall–Kier alpha value is -1.50. The summed E-state index contributed by atoms with van der Waals surface area (Å²) in [7, 11) is -3.94. The van der Waals surface area contributed by atoms with Crippen molar-refractivity contribution in [3.05, 3.63) is 11.2 Å². The summed E-state index contributed by atoms with van der Waals surface area (Å²) in [5.74, 6) is -1.40. The zero-order valence-electron chi connectivity index (χ0n) is 8.74. The maximum Gasteiger partial charge on any atom is 0.356 e. The number of nitrogens with zero attached hydrogens (tertiary/aromatic N) is 2. The molecule has 1 aromatic rings. The SMILES string of the molecule is CC(CC#N)NS(=O)(=O)c1scnc1C(=O)O. The number of carboxylic acid groups (broad SMARTS) is 1. The zero-order chi connectivity index (χ0) is 13.1. The number of carbonyl (C=O) groups is 1. The maximum atomic E-state index is 11.8. The first-order chi connectivity index (χ1) is 7.88. The Morgan fingerprint density at radius 3 is 2.94 bits per heavy atom. The minimum Gasteiger partial charge on any atom is -0.476 e. The molecule has 0 fully saturated rings. The second-order valence-corrected chi connectivity index (χ2v) is 5.94. The van der Waals surface area contributed by atoms with Gasteiger partial charge in [-0.15, -0.1) is 11.3 Å². The molecule has 0 saturated carbocycles. The highest BCUT2D eigenvalue weighted by atomic mass is 32.2. The number of hydrogen-bond acceptors (Lipinski definition) is 6. The van der Waals surface area contributed by atoms with Gasteiger partial charge in [0.15, 0.2) is 9.90 Å². The van der Waals surface area contributed by atoms with Gasteiger partial charge in [0.1, 0.15) is 0 Å². The van der Waals surface area contributed by atoms with Crippen LogP contribution in [0.3, 0.4) is 0 Å². The summed E-state index contributed by atoms with van der Waals surface area (Å²) in [4.78, 5) is 14.2. The van der Waals surface area contributed by atoms with E-state index in [4.69, 9.17) is 10.4 Å². The second-order valence-electron chi connectivity index (χ2n) is 3.18. The number of nitrogens with one attached hydrogen (secondary N) is 1. The third-order valence-corrected chi connectivity index (χ3v) is 4.69. The summed E-state index contributed by atoms with van der Waals surface area (Å²) in [6.45, 7) is 1.52. The number of thiazole rings is 1. The van der Waals surface area contributed by atoms with Crippen LogP contribution in [0.15, 0.2) is 9.72 Å². The van der Waals surface area contributed by atoms with E-state index < -0.39 is 27.7 Å². The molecule has 0 aliphatic carbocycles. The minimum absolute atomic E-state index is 0.000435. The largest absolute Gasteiger partial charge is 0.476 e. The standard InChI is InChI=1S/C8H9N3O4S2/c1-5(2-3-9)11-17(14,15)8-6(7(12)13)10-4-16-8/h4-5,11H,2H2,1H3,(H,12,13). The van der Waals surface area contributed by atoms with Gasteiger partial charge in [-0.3, -0.25) is 0 Å². The normalized spacial score (nSPS) is 12.9. The maximum absolute atomic E-state index is 11.8. The highest BCUT2D eigenvalue weighted by Gasteiger charge is 2.26. The summed E-state index contributed by atoms with van der Waals surface area (Å²) >= 11 is 0.720. The molecule has 0 aliphatic rings. The quantitative estimate of drug-likeness (QED) is 0.803. The van der Waals surface area contributed by atoms with Gasteiger partial charge in [-0.05, 0) is 6.92 Å². The topological polar surface area (TPSA) is 120 Å². The third kappa shape index (κ3) is 3.23. The van der Waals surface area contributed by atoms with Gasteiger partial charge in [0.25, 0.3) is 10.0 Å². The number of rotatable bonds is 5. The van der Waals surface area contributed by atoms with E-state index in [-0.39, 0.29) is 10.6 Å². The average molecular weight is 275 g/mol. The molecule has 0 aliphatic heterocycles. The van der Waals surface area contributed by atoms with Gasteiger partial charge < -0.3 is 5.11 Å². The first kappa shape index (κ1) is 13.6. The van der Waals surface area contributed by atoms with Crippen molar-refractivity contribution < 1.29 is 18.3 Å². The van der Waals surface area contributed by atoms with Gasteiger partial charge in [0.05, 0.1) is 18.0 Å². The summed E-state index contributed by atoms with van der Waals surface area (Å²) in [5, 5.41) is 17.2. The molecule has 1 unspecified atom stereocenters. The van der Waals surface area contributed by atoms with Crippen molar-refractivity contribution in [2.24, 2.45) is 0 Å². The van der Waals surface area contributed by atoms with Crippen LogP contribution in [0.2, 0.25) is 0 Å². The van der Waals surface area contributed by atoms with E-state index >= 15 is 0 Å². The molecule has 9 heteroatoms. The van der Waals surface area contributed by atoms with E-state index in [1.165, 1.54) is 6.92 Å². The lowest BCUT2D eigenvalue weighted by Gasteiger charge is -2.09. The molecule has 7 nitrogen and oxygen atoms in total. The Bertz CT molecular complexity index is 558. The average Bonchev–Trinajstić information content (AvgIpc) is 2.65. The van der Waals surface area contributed by atoms with Gasteiger partial charge in [-0.1, -0.05) is 0 Å². The summed E-state index contributed by atoms with van der Waals surface area (Å²) in [5.41, 5.74) is 0.638. The van der Waals surface area contributed by atoms with Crippen molar-refractivity contribution in [2.45, 2.75) is 23.6 Å². The van der Waals surface area contributed by atoms with E-state index in [9.17, 15) is 13.2 Å². The van der Waals surface area contributed by atoms with E-state index in [0.717, 1.165) is 16.8 Å². The van der Waals surface area contributed by atoms with Crippen molar-refractivity contribution in [2.75, 3.05) is 0 Å². The fourth-order valence-electron chi connectivity index (χ4n) is 1.07. The number of aromatic nitrogens is 1. The van der Waals surface area contributed by atoms with Crippen LogP contribution in [0.4, 0.5) is 0 Å². The van der Waals surface area contributed by atoms with Gasteiger partial charge in [-0.2, -0.15) is 5.26 Å². The number of hydrogen-bond donors (Lipinski definition) is 2. The molecule has 1 aromatic heterocycles. The number of carboxylic acids is 1. The Morgan fingerprint density at radius 2 is 2.41 bits per heavy atom. The van der Waals surface area contributed by atoms with Gasteiger partial charge in [-0.25, -0.2) is 22.9 Å². The molecular weight excluding hydrogens is 266 g/mol. The number of sulfonamides is 1. The van der Waals surface area contributed by atoms with E-state index in [0.29, 0.717) is 0 Å². The molecule has 17 heavy (non-hydrogen) atoms. The highest BCUT2D eigenvalue weighted by molar-refractivity contribution is 7.91. The van der Waals surface area contributed by atoms with Crippen LogP contribution in [0.5, 0.6) is 0 Å². The van der Waals surface area contributed by atoms with Crippen molar-refractivity contribution in [1.82, 2.24) is 9.71 Å². The summed E-state index contributed by atoms with van der Waals surface area (Å²) in [6, 6.07) is 1.23. The Balaban J connectivity index is 3.02. The van der Waals surface area contributed by atoms with Crippen molar-refractivity contribution >= 4 is 27.3 Å². The van der Waals surface area contributed by atoms with Crippen molar-refractivity contribution in [1.29, 1.82) is 5.26 Å². The van der Waals surface area contributed by atoms with Crippen LogP contribution >= 0.6 is 11.3 Å². The number of aromatic carboxylic acids is 1. The number of nitriles is 1. The molecule has 1 atom stereocenters. The van der Waals surface area contributed by atoms with Crippen LogP contribution in [0.1, 0.15) is 23.8 Å². The Labute approximate surface area is 102 Å². The second kappa shape index (κ2) is 5.22. The minimum atomic E-state index is -3.94. The van der Waals surface area contributed by atoms with Crippen LogP contribution in [0.25, 0.3) is 0 Å². The molecule has 0 aromatic carbocycles. The van der Waals surface area contributed by atoms with Crippen LogP contribution in [0, 0.1) is 11.3 Å². The van der Waals surface area contributed by atoms with Gasteiger partial charge >= 0.3 is 5.97 Å². The Kier molecular flexibility index (Phi) is 4.17. The Morgan fingerprint density at radius 1 is 1.76 bits per heavy atom. The lowest BCUT2D eigenvalue weighted by molar-refractivity contribution is 0.0687. The van der Waals surface area contributed by atoms with Crippen molar-refractivity contribution in [3.63, 3.8) is 0 Å². The smallest absolute Gasteiger partial charge is 0.356 e. The fraction of sp³-hybridized carbons (Fsp3) is 0.375. The van der Waals surface area contributed by atoms with Gasteiger partial charge in [0.2, 0.25) is 0 Å². The van der Waals surface area contributed by atoms with Crippen LogP contribution < -0.4 is 4.72 Å². The molecule has 2 N–H and O–H groups in total. The lowest BCUT2D eigenvalue weighted by Crippen LogP contribution is -2.32. The summed E-state index contributed by atoms with van der Waals surface area (Å²) < 4.78 is 25.4. The summed E-state index contributed by atoms with van der Waals surface area (Å²) in [6.07, 6.45) is 0.000435. The zero-order valence-corrected chi connectivity index (χ0v) is 10.4. The predicted octanol–water partition coefficient (Wildman–Crippen LogP) is 0.422. The molecule has 92 valence electrons. The fourth-order valence-corrected chi connectivity index (χ4v) is 3.47. The van der Waals surface area contributed by atoms with E-state index in [1.54, 1.807) is 0 Å². The van der Waals surface area contributed by atoms with Crippen LogP contribution in [-0.2, 0) is 10.0 Å². The van der Waals surface area contributed by atoms with Crippen LogP contribution in [-0.4, -0.2) is 30.5 Å². The molecule has 0 radical (unpaired) electrons. The third-order valence-electron chi connectivity index (χ3n) is 1.74. The van der Waals surface area contributed by atoms with E-state index in [2.05, 4.69) is 9.71 Å². The molecule has 1 heterocycles. The van der Waals surface area contributed by atoms with E-state index in [1.807, 2.05) is 6.07 Å². The van der Waals surface area contributed by atoms with Crippen molar-refractivity contribution in [3.8, 4) is 6.07 Å². The first-order valence-electron chi connectivity index (χ1n) is 4.44. The molecule has 0 spiro atoms. The monoisotopic (exact) mass is 275 g/mol. The molecule has 1 rings (SSSR count). The molecule has 0 amide bonds.